The molecular formula is C19H27ClN4O. The van der Waals surface area contributed by atoms with Crippen LogP contribution in [-0.4, -0.2) is 40.2 Å². The number of aromatic nitrogens is 2. The molecule has 0 bridgehead atoms. The van der Waals surface area contributed by atoms with E-state index < -0.39 is 0 Å². The minimum absolute atomic E-state index is 0. The molecule has 1 N–H and O–H groups in total. The van der Waals surface area contributed by atoms with E-state index in [1.165, 1.54) is 5.56 Å². The fourth-order valence-corrected chi connectivity index (χ4v) is 3.50. The van der Waals surface area contributed by atoms with Gasteiger partial charge in [0.15, 0.2) is 0 Å². The second-order valence-electron chi connectivity index (χ2n) is 6.56. The van der Waals surface area contributed by atoms with Crippen molar-refractivity contribution in [3.05, 3.63) is 53.9 Å². The average molecular weight is 363 g/mol. The van der Waals surface area contributed by atoms with E-state index in [-0.39, 0.29) is 30.2 Å². The van der Waals surface area contributed by atoms with Gasteiger partial charge < -0.3 is 10.2 Å². The lowest BCUT2D eigenvalue weighted by atomic mass is 9.89. The molecule has 1 aromatic heterocycles. The van der Waals surface area contributed by atoms with Crippen molar-refractivity contribution in [1.29, 1.82) is 0 Å². The molecule has 25 heavy (non-hydrogen) atoms. The van der Waals surface area contributed by atoms with E-state index in [4.69, 9.17) is 0 Å². The first kappa shape index (κ1) is 19.5. The molecular weight excluding hydrogens is 336 g/mol. The highest BCUT2D eigenvalue weighted by Crippen LogP contribution is 2.29. The number of benzene rings is 1. The van der Waals surface area contributed by atoms with Gasteiger partial charge in [-0.1, -0.05) is 37.3 Å². The van der Waals surface area contributed by atoms with Crippen molar-refractivity contribution in [3.8, 4) is 0 Å². The first-order chi connectivity index (χ1) is 11.7. The normalized spacial score (nSPS) is 19.4. The molecule has 1 fully saturated rings. The number of aryl methyl sites for hydroxylation is 1. The molecule has 0 unspecified atom stereocenters. The lowest BCUT2D eigenvalue weighted by Crippen LogP contribution is -2.38. The Morgan fingerprint density at radius 2 is 2.08 bits per heavy atom. The van der Waals surface area contributed by atoms with Crippen LogP contribution in [0.2, 0.25) is 0 Å². The first-order valence-corrected chi connectivity index (χ1v) is 8.71. The summed E-state index contributed by atoms with van der Waals surface area (Å²) in [6.45, 7) is 5.19. The predicted molar refractivity (Wildman–Crippen MR) is 102 cm³/mol. The Balaban J connectivity index is 0.00000225. The van der Waals surface area contributed by atoms with Gasteiger partial charge in [0.2, 0.25) is 5.91 Å². The molecule has 2 aromatic rings. The minimum Gasteiger partial charge on any atom is -0.338 e. The zero-order chi connectivity index (χ0) is 16.9. The van der Waals surface area contributed by atoms with Crippen LogP contribution in [0.15, 0.2) is 42.7 Å². The summed E-state index contributed by atoms with van der Waals surface area (Å²) in [4.78, 5) is 15.2. The number of halogens is 1. The lowest BCUT2D eigenvalue weighted by molar-refractivity contribution is -0.136. The molecule has 2 atom stereocenters. The van der Waals surface area contributed by atoms with Gasteiger partial charge >= 0.3 is 0 Å². The van der Waals surface area contributed by atoms with Gasteiger partial charge in [-0.25, -0.2) is 0 Å². The van der Waals surface area contributed by atoms with Gasteiger partial charge in [0.1, 0.15) is 0 Å². The van der Waals surface area contributed by atoms with E-state index in [1.54, 1.807) is 0 Å². The highest BCUT2D eigenvalue weighted by Gasteiger charge is 2.36. The average Bonchev–Trinajstić information content (AvgIpc) is 3.23. The smallest absolute Gasteiger partial charge is 0.227 e. The third-order valence-electron chi connectivity index (χ3n) is 4.71. The molecule has 136 valence electrons. The quantitative estimate of drug-likeness (QED) is 0.859. The van der Waals surface area contributed by atoms with Crippen molar-refractivity contribution in [2.45, 2.75) is 25.8 Å². The van der Waals surface area contributed by atoms with Crippen LogP contribution in [0.5, 0.6) is 0 Å². The zero-order valence-corrected chi connectivity index (χ0v) is 15.7. The summed E-state index contributed by atoms with van der Waals surface area (Å²) in [5.41, 5.74) is 2.33. The van der Waals surface area contributed by atoms with Gasteiger partial charge in [0, 0.05) is 45.3 Å². The molecule has 1 aliphatic rings. The van der Waals surface area contributed by atoms with Gasteiger partial charge in [-0.05, 0) is 17.5 Å². The Kier molecular flexibility index (Phi) is 7.02. The van der Waals surface area contributed by atoms with E-state index in [1.807, 2.05) is 47.2 Å². The Hall–Kier alpha value is -1.85. The summed E-state index contributed by atoms with van der Waals surface area (Å²) in [6, 6.07) is 10.2. The van der Waals surface area contributed by atoms with E-state index in [2.05, 4.69) is 29.5 Å². The fraction of sp³-hybridized carbons (Fsp3) is 0.474. The molecule has 5 nitrogen and oxygen atoms in total. The summed E-state index contributed by atoms with van der Waals surface area (Å²) in [5, 5.41) is 7.66. The van der Waals surface area contributed by atoms with Crippen LogP contribution >= 0.6 is 12.4 Å². The number of carbonyl (C=O) groups is 1. The molecule has 1 amide bonds. The van der Waals surface area contributed by atoms with Crippen molar-refractivity contribution in [1.82, 2.24) is 20.0 Å². The summed E-state index contributed by atoms with van der Waals surface area (Å²) >= 11 is 0. The molecule has 0 spiro atoms. The number of nitrogens with zero attached hydrogens (tertiary/aromatic N) is 3. The first-order valence-electron chi connectivity index (χ1n) is 8.71. The number of nitrogens with one attached hydrogen (secondary N) is 1. The molecule has 6 heteroatoms. The van der Waals surface area contributed by atoms with Gasteiger partial charge in [0.05, 0.1) is 12.1 Å². The maximum Gasteiger partial charge on any atom is 0.227 e. The third kappa shape index (κ3) is 4.61. The molecule has 1 saturated heterocycles. The number of amides is 1. The van der Waals surface area contributed by atoms with Crippen LogP contribution in [-0.2, 0) is 18.4 Å². The molecule has 3 rings (SSSR count). The molecule has 0 radical (unpaired) electrons. The van der Waals surface area contributed by atoms with Gasteiger partial charge in [-0.3, -0.25) is 9.48 Å². The third-order valence-corrected chi connectivity index (χ3v) is 4.71. The standard InChI is InChI=1S/C19H26N4O.ClH/c1-3-9-23(13-15-7-5-4-6-8-15)19(24)18-12-20-11-17(18)16-10-21-22(2)14-16;/h4-8,10,14,17-18,20H,3,9,11-13H2,1-2H3;1H/t17-,18+;/m1./s1. The minimum atomic E-state index is -0.00976. The van der Waals surface area contributed by atoms with Crippen LogP contribution in [0.25, 0.3) is 0 Å². The summed E-state index contributed by atoms with van der Waals surface area (Å²) in [7, 11) is 1.92. The fourth-order valence-electron chi connectivity index (χ4n) is 3.50. The monoisotopic (exact) mass is 362 g/mol. The van der Waals surface area contributed by atoms with E-state index >= 15 is 0 Å². The summed E-state index contributed by atoms with van der Waals surface area (Å²) < 4.78 is 1.81. The Morgan fingerprint density at radius 3 is 2.72 bits per heavy atom. The van der Waals surface area contributed by atoms with E-state index in [9.17, 15) is 4.79 Å². The summed E-state index contributed by atoms with van der Waals surface area (Å²) in [6.07, 6.45) is 4.88. The zero-order valence-electron chi connectivity index (χ0n) is 14.9. The van der Waals surface area contributed by atoms with Crippen molar-refractivity contribution in [2.75, 3.05) is 19.6 Å². The van der Waals surface area contributed by atoms with Crippen LogP contribution in [0.3, 0.4) is 0 Å². The summed E-state index contributed by atoms with van der Waals surface area (Å²) in [5.74, 6) is 0.449. The van der Waals surface area contributed by atoms with Crippen molar-refractivity contribution < 1.29 is 4.79 Å². The van der Waals surface area contributed by atoms with Crippen LogP contribution in [0.1, 0.15) is 30.4 Å². The highest BCUT2D eigenvalue weighted by atomic mass is 35.5. The number of rotatable bonds is 6. The molecule has 1 aliphatic heterocycles. The van der Waals surface area contributed by atoms with Gasteiger partial charge in [-0.2, -0.15) is 5.10 Å². The Labute approximate surface area is 155 Å². The molecule has 2 heterocycles. The van der Waals surface area contributed by atoms with Gasteiger partial charge in [-0.15, -0.1) is 12.4 Å². The number of hydrogen-bond donors (Lipinski definition) is 1. The van der Waals surface area contributed by atoms with Crippen LogP contribution < -0.4 is 5.32 Å². The second kappa shape index (κ2) is 9.02. The predicted octanol–water partition coefficient (Wildman–Crippen LogP) is 2.58. The molecule has 0 saturated carbocycles. The molecule has 1 aromatic carbocycles. The number of carbonyl (C=O) groups excluding carboxylic acids is 1. The second-order valence-corrected chi connectivity index (χ2v) is 6.56. The van der Waals surface area contributed by atoms with Gasteiger partial charge in [0.25, 0.3) is 0 Å². The van der Waals surface area contributed by atoms with E-state index in [0.29, 0.717) is 6.54 Å². The molecule has 0 aliphatic carbocycles. The van der Waals surface area contributed by atoms with E-state index in [0.717, 1.165) is 31.6 Å². The van der Waals surface area contributed by atoms with Crippen LogP contribution in [0.4, 0.5) is 0 Å². The topological polar surface area (TPSA) is 50.2 Å². The SMILES string of the molecule is CCCN(Cc1ccccc1)C(=O)[C@H]1CNC[C@@H]1c1cnn(C)c1.Cl. The number of hydrogen-bond acceptors (Lipinski definition) is 3. The van der Waals surface area contributed by atoms with Crippen LogP contribution in [0, 0.1) is 5.92 Å². The maximum absolute atomic E-state index is 13.2. The van der Waals surface area contributed by atoms with Crippen molar-refractivity contribution in [3.63, 3.8) is 0 Å². The van der Waals surface area contributed by atoms with Crippen molar-refractivity contribution in [2.24, 2.45) is 13.0 Å². The largest absolute Gasteiger partial charge is 0.338 e. The van der Waals surface area contributed by atoms with Crippen molar-refractivity contribution >= 4 is 18.3 Å². The lowest BCUT2D eigenvalue weighted by Gasteiger charge is -2.27. The maximum atomic E-state index is 13.2. The Bertz CT molecular complexity index is 673. The highest BCUT2D eigenvalue weighted by molar-refractivity contribution is 5.85. The Morgan fingerprint density at radius 1 is 1.32 bits per heavy atom.